The number of hydrogen-bond donors (Lipinski definition) is 2. The van der Waals surface area contributed by atoms with E-state index in [1.165, 1.54) is 6.92 Å². The Morgan fingerprint density at radius 2 is 2.20 bits per heavy atom. The van der Waals surface area contributed by atoms with Crippen LogP contribution < -0.4 is 10.6 Å². The first kappa shape index (κ1) is 7.01. The van der Waals surface area contributed by atoms with E-state index < -0.39 is 17.7 Å². The van der Waals surface area contributed by atoms with Gasteiger partial charge in [0.05, 0.1) is 0 Å². The first-order chi connectivity index (χ1) is 4.58. The average Bonchev–Trinajstić information content (AvgIpc) is 2.09. The summed E-state index contributed by atoms with van der Waals surface area (Å²) < 4.78 is 4.22. The van der Waals surface area contributed by atoms with E-state index in [0.29, 0.717) is 0 Å². The Labute approximate surface area is 57.7 Å². The third kappa shape index (κ3) is 0.841. The second-order valence-electron chi connectivity index (χ2n) is 2.18. The Morgan fingerprint density at radius 3 is 2.40 bits per heavy atom. The van der Waals surface area contributed by atoms with Crippen molar-refractivity contribution in [3.8, 4) is 0 Å². The maximum absolute atomic E-state index is 10.8. The zero-order valence-electron chi connectivity index (χ0n) is 5.72. The molecular formula is C5H8N2O3. The molecule has 0 aromatic rings. The highest BCUT2D eigenvalue weighted by molar-refractivity contribution is 5.98. The van der Waals surface area contributed by atoms with Crippen molar-refractivity contribution in [3.63, 3.8) is 0 Å². The molecule has 1 saturated heterocycles. The minimum absolute atomic E-state index is 0.597. The van der Waals surface area contributed by atoms with Gasteiger partial charge in [-0.05, 0) is 14.0 Å². The zero-order valence-corrected chi connectivity index (χ0v) is 5.72. The first-order valence-electron chi connectivity index (χ1n) is 2.82. The molecular weight excluding hydrogens is 136 g/mol. The third-order valence-electron chi connectivity index (χ3n) is 1.45. The van der Waals surface area contributed by atoms with Gasteiger partial charge in [0.1, 0.15) is 0 Å². The molecule has 1 heterocycles. The molecule has 1 rings (SSSR count). The van der Waals surface area contributed by atoms with E-state index >= 15 is 0 Å². The average molecular weight is 144 g/mol. The van der Waals surface area contributed by atoms with Gasteiger partial charge >= 0.3 is 12.1 Å². The molecule has 0 aromatic carbocycles. The highest BCUT2D eigenvalue weighted by Crippen LogP contribution is 2.08. The molecule has 0 aliphatic carbocycles. The van der Waals surface area contributed by atoms with E-state index in [-0.39, 0.29) is 0 Å². The van der Waals surface area contributed by atoms with Crippen LogP contribution in [-0.2, 0) is 9.53 Å². The summed E-state index contributed by atoms with van der Waals surface area (Å²) in [5, 5.41) is 4.92. The Kier molecular flexibility index (Phi) is 1.37. The smallest absolute Gasteiger partial charge is 0.373 e. The van der Waals surface area contributed by atoms with Gasteiger partial charge in [0, 0.05) is 0 Å². The normalized spacial score (nSPS) is 31.8. The van der Waals surface area contributed by atoms with Gasteiger partial charge < -0.3 is 4.74 Å². The molecule has 10 heavy (non-hydrogen) atoms. The van der Waals surface area contributed by atoms with E-state index in [1.807, 2.05) is 0 Å². The second-order valence-corrected chi connectivity index (χ2v) is 2.18. The fourth-order valence-electron chi connectivity index (χ4n) is 0.631. The summed E-state index contributed by atoms with van der Waals surface area (Å²) in [4.78, 5) is 21.2. The lowest BCUT2D eigenvalue weighted by atomic mass is 10.2. The summed E-state index contributed by atoms with van der Waals surface area (Å²) in [6.45, 7) is 1.53. The van der Waals surface area contributed by atoms with Crippen LogP contribution in [0.15, 0.2) is 0 Å². The zero-order chi connectivity index (χ0) is 7.78. The van der Waals surface area contributed by atoms with Crippen molar-refractivity contribution in [1.29, 1.82) is 0 Å². The highest BCUT2D eigenvalue weighted by Gasteiger charge is 2.43. The van der Waals surface area contributed by atoms with Crippen LogP contribution in [0.1, 0.15) is 6.92 Å². The number of carbonyl (C=O) groups excluding carboxylic acids is 2. The Bertz CT molecular complexity index is 191. The van der Waals surface area contributed by atoms with Gasteiger partial charge in [0.15, 0.2) is 5.66 Å². The molecule has 0 spiro atoms. The van der Waals surface area contributed by atoms with Crippen LogP contribution in [0.25, 0.3) is 0 Å². The lowest BCUT2D eigenvalue weighted by Crippen LogP contribution is -2.54. The molecule has 0 aromatic heterocycles. The highest BCUT2D eigenvalue weighted by atomic mass is 16.6. The van der Waals surface area contributed by atoms with Crippen LogP contribution in [0.3, 0.4) is 0 Å². The van der Waals surface area contributed by atoms with Crippen molar-refractivity contribution in [3.05, 3.63) is 0 Å². The predicted molar refractivity (Wildman–Crippen MR) is 32.1 cm³/mol. The molecule has 1 atom stereocenters. The van der Waals surface area contributed by atoms with Crippen molar-refractivity contribution in [2.24, 2.45) is 0 Å². The van der Waals surface area contributed by atoms with Crippen LogP contribution in [0, 0.1) is 0 Å². The Balaban J connectivity index is 2.80. The Morgan fingerprint density at radius 1 is 1.60 bits per heavy atom. The number of rotatable bonds is 1. The summed E-state index contributed by atoms with van der Waals surface area (Å²) in [6.07, 6.45) is -0.707. The van der Waals surface area contributed by atoms with Gasteiger partial charge in [-0.15, -0.1) is 0 Å². The minimum atomic E-state index is -1.04. The summed E-state index contributed by atoms with van der Waals surface area (Å²) >= 11 is 0. The molecule has 1 amide bonds. The van der Waals surface area contributed by atoms with E-state index in [4.69, 9.17) is 0 Å². The maximum Gasteiger partial charge on any atom is 0.416 e. The summed E-state index contributed by atoms with van der Waals surface area (Å²) in [7, 11) is 1.56. The topological polar surface area (TPSA) is 67.4 Å². The summed E-state index contributed by atoms with van der Waals surface area (Å²) in [5.74, 6) is -0.597. The van der Waals surface area contributed by atoms with Crippen LogP contribution in [0.4, 0.5) is 4.79 Å². The van der Waals surface area contributed by atoms with Gasteiger partial charge in [-0.2, -0.15) is 0 Å². The number of amides is 1. The van der Waals surface area contributed by atoms with E-state index in [0.717, 1.165) is 0 Å². The largest absolute Gasteiger partial charge is 0.416 e. The predicted octanol–water partition coefficient (Wildman–Crippen LogP) is -0.812. The second kappa shape index (κ2) is 1.95. The standard InChI is InChI=1S/C5H8N2O3/c1-5(6-2)3(8)10-4(9)7-5/h6H,1-2H3,(H,7,9). The fraction of sp³-hybridized carbons (Fsp3) is 0.600. The van der Waals surface area contributed by atoms with Crippen LogP contribution in [-0.4, -0.2) is 24.8 Å². The number of carbonyl (C=O) groups is 2. The number of hydrogen-bond acceptors (Lipinski definition) is 4. The summed E-state index contributed by atoms with van der Waals surface area (Å²) in [6, 6.07) is 0. The van der Waals surface area contributed by atoms with Gasteiger partial charge in [-0.1, -0.05) is 0 Å². The quantitative estimate of drug-likeness (QED) is 0.373. The molecule has 5 heteroatoms. The number of likely N-dealkylation sites (N-methyl/N-ethyl adjacent to an activating group) is 1. The SMILES string of the molecule is CNC1(C)NC(=O)OC1=O. The van der Waals surface area contributed by atoms with Crippen LogP contribution in [0.5, 0.6) is 0 Å². The molecule has 0 radical (unpaired) electrons. The molecule has 56 valence electrons. The third-order valence-corrected chi connectivity index (χ3v) is 1.45. The van der Waals surface area contributed by atoms with Crippen LogP contribution in [0.2, 0.25) is 0 Å². The summed E-state index contributed by atoms with van der Waals surface area (Å²) in [5.41, 5.74) is -1.04. The molecule has 1 aliphatic rings. The Hall–Kier alpha value is -1.10. The van der Waals surface area contributed by atoms with Crippen molar-refractivity contribution in [1.82, 2.24) is 10.6 Å². The van der Waals surface area contributed by atoms with Gasteiger partial charge in [0.2, 0.25) is 0 Å². The lowest BCUT2D eigenvalue weighted by molar-refractivity contribution is -0.139. The number of alkyl carbamates (subject to hydrolysis) is 1. The lowest BCUT2D eigenvalue weighted by Gasteiger charge is -2.16. The number of nitrogens with one attached hydrogen (secondary N) is 2. The van der Waals surface area contributed by atoms with Crippen molar-refractivity contribution >= 4 is 12.1 Å². The van der Waals surface area contributed by atoms with Gasteiger partial charge in [-0.25, -0.2) is 9.59 Å². The van der Waals surface area contributed by atoms with Crippen LogP contribution >= 0.6 is 0 Å². The van der Waals surface area contributed by atoms with E-state index in [2.05, 4.69) is 15.4 Å². The molecule has 0 bridgehead atoms. The van der Waals surface area contributed by atoms with Crippen molar-refractivity contribution in [2.45, 2.75) is 12.6 Å². The number of cyclic esters (lactones) is 2. The maximum atomic E-state index is 10.8. The van der Waals surface area contributed by atoms with E-state index in [1.54, 1.807) is 7.05 Å². The fourth-order valence-corrected chi connectivity index (χ4v) is 0.631. The van der Waals surface area contributed by atoms with Crippen molar-refractivity contribution < 1.29 is 14.3 Å². The molecule has 5 nitrogen and oxygen atoms in total. The minimum Gasteiger partial charge on any atom is -0.373 e. The van der Waals surface area contributed by atoms with Gasteiger partial charge in [0.25, 0.3) is 0 Å². The van der Waals surface area contributed by atoms with Crippen molar-refractivity contribution in [2.75, 3.05) is 7.05 Å². The van der Waals surface area contributed by atoms with E-state index in [9.17, 15) is 9.59 Å². The number of ether oxygens (including phenoxy) is 1. The molecule has 1 unspecified atom stereocenters. The van der Waals surface area contributed by atoms with Gasteiger partial charge in [-0.3, -0.25) is 10.6 Å². The molecule has 1 fully saturated rings. The number of esters is 1. The molecule has 2 N–H and O–H groups in total. The molecule has 0 saturated carbocycles. The first-order valence-corrected chi connectivity index (χ1v) is 2.82. The molecule has 1 aliphatic heterocycles. The monoisotopic (exact) mass is 144 g/mol.